The molecule has 4 nitrogen and oxygen atoms in total. The van der Waals surface area contributed by atoms with Crippen molar-refractivity contribution < 1.29 is 9.53 Å². The lowest BCUT2D eigenvalue weighted by Crippen LogP contribution is -2.37. The molecule has 0 saturated carbocycles. The quantitative estimate of drug-likeness (QED) is 0.752. The molecule has 2 aromatic rings. The van der Waals surface area contributed by atoms with Gasteiger partial charge < -0.3 is 15.0 Å². The molecule has 150 valence electrons. The summed E-state index contributed by atoms with van der Waals surface area (Å²) in [4.78, 5) is 15.0. The first-order valence-electron chi connectivity index (χ1n) is 10.4. The van der Waals surface area contributed by atoms with Gasteiger partial charge in [-0.05, 0) is 80.5 Å². The van der Waals surface area contributed by atoms with Crippen LogP contribution in [0.2, 0.25) is 0 Å². The number of hydrogen-bond donors (Lipinski definition) is 1. The van der Waals surface area contributed by atoms with Crippen molar-refractivity contribution in [1.29, 1.82) is 0 Å². The lowest BCUT2D eigenvalue weighted by molar-refractivity contribution is -0.128. The third-order valence-corrected chi connectivity index (χ3v) is 5.26. The standard InChI is InChI=1S/C24H32N2O2/c1-4-23(28-22-15-18(2)14-19(3)16-22)24(27)25-17-20-8-10-21(11-9-20)26-12-6-5-7-13-26/h8-11,14-16,23H,4-7,12-13,17H2,1-3H3,(H,25,27)/t23-/m1/s1. The van der Waals surface area contributed by atoms with Crippen LogP contribution in [-0.2, 0) is 11.3 Å². The molecule has 1 atom stereocenters. The average Bonchev–Trinajstić information content (AvgIpc) is 2.70. The Morgan fingerprint density at radius 1 is 1.04 bits per heavy atom. The molecule has 1 saturated heterocycles. The van der Waals surface area contributed by atoms with Crippen LogP contribution in [0, 0.1) is 13.8 Å². The average molecular weight is 381 g/mol. The maximum Gasteiger partial charge on any atom is 0.261 e. The van der Waals surface area contributed by atoms with E-state index < -0.39 is 6.10 Å². The van der Waals surface area contributed by atoms with Crippen LogP contribution in [0.15, 0.2) is 42.5 Å². The van der Waals surface area contributed by atoms with Crippen LogP contribution >= 0.6 is 0 Å². The van der Waals surface area contributed by atoms with Crippen molar-refractivity contribution in [2.75, 3.05) is 18.0 Å². The van der Waals surface area contributed by atoms with Gasteiger partial charge in [-0.15, -0.1) is 0 Å². The topological polar surface area (TPSA) is 41.6 Å². The summed E-state index contributed by atoms with van der Waals surface area (Å²) in [5.41, 5.74) is 4.66. The van der Waals surface area contributed by atoms with Gasteiger partial charge in [0.2, 0.25) is 0 Å². The predicted octanol–water partition coefficient (Wildman–Crippen LogP) is 4.77. The molecular formula is C24H32N2O2. The number of amides is 1. The number of piperidine rings is 1. The lowest BCUT2D eigenvalue weighted by atomic mass is 10.1. The van der Waals surface area contributed by atoms with Crippen LogP contribution in [0.5, 0.6) is 5.75 Å². The zero-order chi connectivity index (χ0) is 19.9. The number of carbonyl (C=O) groups excluding carboxylic acids is 1. The Labute approximate surface area is 168 Å². The molecule has 0 aliphatic carbocycles. The van der Waals surface area contributed by atoms with Crippen LogP contribution in [0.1, 0.15) is 49.3 Å². The van der Waals surface area contributed by atoms with Gasteiger partial charge in [-0.2, -0.15) is 0 Å². The van der Waals surface area contributed by atoms with Crippen molar-refractivity contribution in [2.45, 2.75) is 59.1 Å². The summed E-state index contributed by atoms with van der Waals surface area (Å²) in [5, 5.41) is 3.02. The van der Waals surface area contributed by atoms with E-state index in [1.54, 1.807) is 0 Å². The van der Waals surface area contributed by atoms with E-state index in [4.69, 9.17) is 4.74 Å². The largest absolute Gasteiger partial charge is 0.481 e. The monoisotopic (exact) mass is 380 g/mol. The van der Waals surface area contributed by atoms with E-state index in [0.29, 0.717) is 13.0 Å². The Bertz CT molecular complexity index is 759. The molecule has 4 heteroatoms. The molecule has 1 fully saturated rings. The van der Waals surface area contributed by atoms with Crippen molar-refractivity contribution in [3.63, 3.8) is 0 Å². The Hall–Kier alpha value is -2.49. The van der Waals surface area contributed by atoms with Crippen molar-refractivity contribution in [3.8, 4) is 5.75 Å². The zero-order valence-electron chi connectivity index (χ0n) is 17.3. The normalized spacial score (nSPS) is 15.2. The van der Waals surface area contributed by atoms with E-state index in [-0.39, 0.29) is 5.91 Å². The van der Waals surface area contributed by atoms with Gasteiger partial charge in [0.05, 0.1) is 0 Å². The fourth-order valence-corrected chi connectivity index (χ4v) is 3.77. The zero-order valence-corrected chi connectivity index (χ0v) is 17.3. The maximum absolute atomic E-state index is 12.6. The second-order valence-corrected chi connectivity index (χ2v) is 7.77. The number of carbonyl (C=O) groups is 1. The van der Waals surface area contributed by atoms with Crippen LogP contribution in [0.4, 0.5) is 5.69 Å². The second-order valence-electron chi connectivity index (χ2n) is 7.77. The van der Waals surface area contributed by atoms with E-state index in [9.17, 15) is 4.79 Å². The molecule has 1 aliphatic rings. The third-order valence-electron chi connectivity index (χ3n) is 5.26. The SMILES string of the molecule is CC[C@@H](Oc1cc(C)cc(C)c1)C(=O)NCc1ccc(N2CCCCC2)cc1. The summed E-state index contributed by atoms with van der Waals surface area (Å²) >= 11 is 0. The molecule has 1 heterocycles. The number of aryl methyl sites for hydroxylation is 2. The van der Waals surface area contributed by atoms with Crippen LogP contribution in [0.25, 0.3) is 0 Å². The van der Waals surface area contributed by atoms with Crippen LogP contribution in [0.3, 0.4) is 0 Å². The van der Waals surface area contributed by atoms with Crippen molar-refractivity contribution in [1.82, 2.24) is 5.32 Å². The van der Waals surface area contributed by atoms with Crippen molar-refractivity contribution >= 4 is 11.6 Å². The first-order chi connectivity index (χ1) is 13.5. The Morgan fingerprint density at radius 2 is 1.68 bits per heavy atom. The predicted molar refractivity (Wildman–Crippen MR) is 115 cm³/mol. The lowest BCUT2D eigenvalue weighted by Gasteiger charge is -2.28. The molecule has 0 unspecified atom stereocenters. The van der Waals surface area contributed by atoms with Gasteiger partial charge in [0.15, 0.2) is 6.10 Å². The van der Waals surface area contributed by atoms with E-state index in [0.717, 1.165) is 35.5 Å². The summed E-state index contributed by atoms with van der Waals surface area (Å²) in [6, 6.07) is 14.6. The molecule has 1 aliphatic heterocycles. The Balaban J connectivity index is 1.54. The number of benzene rings is 2. The number of ether oxygens (including phenoxy) is 1. The van der Waals surface area contributed by atoms with E-state index in [1.807, 2.05) is 32.9 Å². The fourth-order valence-electron chi connectivity index (χ4n) is 3.77. The van der Waals surface area contributed by atoms with Gasteiger partial charge in [-0.1, -0.05) is 25.1 Å². The molecule has 0 spiro atoms. The number of anilines is 1. The second kappa shape index (κ2) is 9.63. The van der Waals surface area contributed by atoms with Gasteiger partial charge in [0.1, 0.15) is 5.75 Å². The highest BCUT2D eigenvalue weighted by Crippen LogP contribution is 2.21. The fraction of sp³-hybridized carbons (Fsp3) is 0.458. The summed E-state index contributed by atoms with van der Waals surface area (Å²) in [5.74, 6) is 0.687. The van der Waals surface area contributed by atoms with E-state index in [2.05, 4.69) is 40.5 Å². The van der Waals surface area contributed by atoms with Gasteiger partial charge in [0.25, 0.3) is 5.91 Å². The van der Waals surface area contributed by atoms with Gasteiger partial charge in [-0.3, -0.25) is 4.79 Å². The smallest absolute Gasteiger partial charge is 0.261 e. The van der Waals surface area contributed by atoms with Crippen molar-refractivity contribution in [2.24, 2.45) is 0 Å². The van der Waals surface area contributed by atoms with Gasteiger partial charge in [0, 0.05) is 25.3 Å². The minimum atomic E-state index is -0.478. The Kier molecular flexibility index (Phi) is 6.96. The molecule has 2 aromatic carbocycles. The molecule has 3 rings (SSSR count). The molecule has 0 aromatic heterocycles. The first-order valence-corrected chi connectivity index (χ1v) is 10.4. The maximum atomic E-state index is 12.6. The van der Waals surface area contributed by atoms with Gasteiger partial charge >= 0.3 is 0 Å². The minimum absolute atomic E-state index is 0.0678. The summed E-state index contributed by atoms with van der Waals surface area (Å²) in [6.45, 7) is 8.85. The van der Waals surface area contributed by atoms with E-state index in [1.165, 1.54) is 24.9 Å². The molecule has 0 radical (unpaired) electrons. The number of rotatable bonds is 7. The minimum Gasteiger partial charge on any atom is -0.481 e. The van der Waals surface area contributed by atoms with Crippen molar-refractivity contribution in [3.05, 3.63) is 59.2 Å². The molecular weight excluding hydrogens is 348 g/mol. The number of nitrogens with zero attached hydrogens (tertiary/aromatic N) is 1. The first kappa shape index (κ1) is 20.2. The summed E-state index contributed by atoms with van der Waals surface area (Å²) in [7, 11) is 0. The summed E-state index contributed by atoms with van der Waals surface area (Å²) in [6.07, 6.45) is 4.04. The van der Waals surface area contributed by atoms with E-state index >= 15 is 0 Å². The summed E-state index contributed by atoms with van der Waals surface area (Å²) < 4.78 is 5.96. The van der Waals surface area contributed by atoms with Crippen LogP contribution in [-0.4, -0.2) is 25.1 Å². The molecule has 0 bridgehead atoms. The highest BCUT2D eigenvalue weighted by Gasteiger charge is 2.18. The van der Waals surface area contributed by atoms with Crippen LogP contribution < -0.4 is 15.0 Å². The molecule has 1 N–H and O–H groups in total. The molecule has 28 heavy (non-hydrogen) atoms. The highest BCUT2D eigenvalue weighted by atomic mass is 16.5. The van der Waals surface area contributed by atoms with Gasteiger partial charge in [-0.25, -0.2) is 0 Å². The Morgan fingerprint density at radius 3 is 2.29 bits per heavy atom. The highest BCUT2D eigenvalue weighted by molar-refractivity contribution is 5.81. The third kappa shape index (κ3) is 5.51. The number of hydrogen-bond acceptors (Lipinski definition) is 3. The number of nitrogens with one attached hydrogen (secondary N) is 1. The molecule has 1 amide bonds.